The molecule has 0 amide bonds. The van der Waals surface area contributed by atoms with Crippen LogP contribution in [0.15, 0.2) is 36.4 Å². The number of carbonyl (C=O) groups is 1. The SMILES string of the molecule is C=C1CC2COC(=O)C2(Cc2cccc(OC)c2)C1. The number of carbonyl (C=O) groups excluding carboxylic acids is 1. The second kappa shape index (κ2) is 4.41. The Morgan fingerprint density at radius 1 is 1.53 bits per heavy atom. The summed E-state index contributed by atoms with van der Waals surface area (Å²) in [6.45, 7) is 4.60. The van der Waals surface area contributed by atoms with Crippen LogP contribution in [0, 0.1) is 11.3 Å². The van der Waals surface area contributed by atoms with Crippen molar-refractivity contribution in [1.82, 2.24) is 0 Å². The van der Waals surface area contributed by atoms with Crippen molar-refractivity contribution in [3.8, 4) is 5.75 Å². The first-order valence-corrected chi connectivity index (χ1v) is 6.61. The predicted molar refractivity (Wildman–Crippen MR) is 72.0 cm³/mol. The number of allylic oxidation sites excluding steroid dienone is 1. The van der Waals surface area contributed by atoms with E-state index in [9.17, 15) is 4.79 Å². The molecule has 2 aliphatic rings. The molecule has 0 radical (unpaired) electrons. The van der Waals surface area contributed by atoms with Crippen LogP contribution in [0.25, 0.3) is 0 Å². The van der Waals surface area contributed by atoms with Crippen molar-refractivity contribution in [2.24, 2.45) is 11.3 Å². The lowest BCUT2D eigenvalue weighted by atomic mass is 9.75. The molecule has 0 aromatic heterocycles. The minimum absolute atomic E-state index is 0.0565. The lowest BCUT2D eigenvalue weighted by Gasteiger charge is -2.24. The van der Waals surface area contributed by atoms with Crippen LogP contribution in [0.3, 0.4) is 0 Å². The lowest BCUT2D eigenvalue weighted by Crippen LogP contribution is -2.31. The van der Waals surface area contributed by atoms with E-state index in [0.29, 0.717) is 18.9 Å². The zero-order valence-electron chi connectivity index (χ0n) is 11.1. The summed E-state index contributed by atoms with van der Waals surface area (Å²) in [4.78, 5) is 12.2. The van der Waals surface area contributed by atoms with Gasteiger partial charge in [-0.1, -0.05) is 24.3 Å². The van der Waals surface area contributed by atoms with Crippen molar-refractivity contribution >= 4 is 5.97 Å². The van der Waals surface area contributed by atoms with E-state index in [1.807, 2.05) is 24.3 Å². The molecular weight excluding hydrogens is 240 g/mol. The number of esters is 1. The van der Waals surface area contributed by atoms with Gasteiger partial charge in [-0.15, -0.1) is 0 Å². The summed E-state index contributed by atoms with van der Waals surface area (Å²) in [7, 11) is 1.65. The summed E-state index contributed by atoms with van der Waals surface area (Å²) in [6, 6.07) is 7.92. The Morgan fingerprint density at radius 3 is 3.16 bits per heavy atom. The summed E-state index contributed by atoms with van der Waals surface area (Å²) >= 11 is 0. The molecule has 1 heterocycles. The molecule has 0 spiro atoms. The van der Waals surface area contributed by atoms with E-state index in [-0.39, 0.29) is 11.4 Å². The number of hydrogen-bond acceptors (Lipinski definition) is 3. The molecule has 2 fully saturated rings. The number of fused-ring (bicyclic) bond motifs is 1. The molecular formula is C16H18O3. The molecule has 1 saturated carbocycles. The van der Waals surface area contributed by atoms with Gasteiger partial charge in [-0.2, -0.15) is 0 Å². The summed E-state index contributed by atoms with van der Waals surface area (Å²) in [6.07, 6.45) is 2.39. The van der Waals surface area contributed by atoms with Crippen LogP contribution in [0.2, 0.25) is 0 Å². The van der Waals surface area contributed by atoms with Crippen LogP contribution < -0.4 is 4.74 Å². The Bertz CT molecular complexity index is 535. The maximum absolute atomic E-state index is 12.2. The highest BCUT2D eigenvalue weighted by atomic mass is 16.5. The van der Waals surface area contributed by atoms with Gasteiger partial charge in [-0.3, -0.25) is 4.79 Å². The zero-order valence-corrected chi connectivity index (χ0v) is 11.1. The van der Waals surface area contributed by atoms with E-state index in [4.69, 9.17) is 9.47 Å². The van der Waals surface area contributed by atoms with E-state index < -0.39 is 0 Å². The van der Waals surface area contributed by atoms with Gasteiger partial charge in [0, 0.05) is 5.92 Å². The minimum atomic E-state index is -0.385. The average Bonchev–Trinajstić information content (AvgIpc) is 2.86. The van der Waals surface area contributed by atoms with Crippen LogP contribution in [-0.4, -0.2) is 19.7 Å². The molecule has 0 bridgehead atoms. The number of cyclic esters (lactones) is 1. The minimum Gasteiger partial charge on any atom is -0.497 e. The Balaban J connectivity index is 1.91. The van der Waals surface area contributed by atoms with Gasteiger partial charge in [0.05, 0.1) is 19.1 Å². The number of ether oxygens (including phenoxy) is 2. The molecule has 1 aromatic rings. The monoisotopic (exact) mass is 258 g/mol. The molecule has 1 saturated heterocycles. The van der Waals surface area contributed by atoms with Crippen LogP contribution in [0.5, 0.6) is 5.75 Å². The second-order valence-electron chi connectivity index (χ2n) is 5.61. The third-order valence-corrected chi connectivity index (χ3v) is 4.36. The quantitative estimate of drug-likeness (QED) is 0.617. The van der Waals surface area contributed by atoms with Crippen molar-refractivity contribution in [2.45, 2.75) is 19.3 Å². The first-order chi connectivity index (χ1) is 9.14. The molecule has 2 atom stereocenters. The summed E-state index contributed by atoms with van der Waals surface area (Å²) in [5, 5.41) is 0. The van der Waals surface area contributed by atoms with Crippen molar-refractivity contribution in [1.29, 1.82) is 0 Å². The highest BCUT2D eigenvalue weighted by molar-refractivity contribution is 5.81. The van der Waals surface area contributed by atoms with Crippen molar-refractivity contribution in [3.63, 3.8) is 0 Å². The highest BCUT2D eigenvalue weighted by Crippen LogP contribution is 2.52. The van der Waals surface area contributed by atoms with Crippen molar-refractivity contribution in [3.05, 3.63) is 42.0 Å². The highest BCUT2D eigenvalue weighted by Gasteiger charge is 2.55. The van der Waals surface area contributed by atoms with Crippen molar-refractivity contribution in [2.75, 3.05) is 13.7 Å². The fourth-order valence-corrected chi connectivity index (χ4v) is 3.41. The van der Waals surface area contributed by atoms with Crippen LogP contribution in [-0.2, 0) is 16.0 Å². The zero-order chi connectivity index (χ0) is 13.5. The Hall–Kier alpha value is -1.77. The Labute approximate surface area is 113 Å². The Kier molecular flexibility index (Phi) is 2.85. The van der Waals surface area contributed by atoms with E-state index >= 15 is 0 Å². The normalized spacial score (nSPS) is 29.2. The smallest absolute Gasteiger partial charge is 0.313 e. The molecule has 100 valence electrons. The maximum atomic E-state index is 12.2. The molecule has 2 unspecified atom stereocenters. The summed E-state index contributed by atoms with van der Waals surface area (Å²) < 4.78 is 10.5. The number of hydrogen-bond donors (Lipinski definition) is 0. The lowest BCUT2D eigenvalue weighted by molar-refractivity contribution is -0.146. The topological polar surface area (TPSA) is 35.5 Å². The van der Waals surface area contributed by atoms with Crippen LogP contribution >= 0.6 is 0 Å². The number of rotatable bonds is 3. The first-order valence-electron chi connectivity index (χ1n) is 6.61. The fraction of sp³-hybridized carbons (Fsp3) is 0.438. The largest absolute Gasteiger partial charge is 0.497 e. The third kappa shape index (κ3) is 1.93. The molecule has 3 heteroatoms. The standard InChI is InChI=1S/C16H18O3/c1-11-6-13-10-19-15(17)16(13,8-11)9-12-4-3-5-14(7-12)18-2/h3-5,7,13H,1,6,8-10H2,2H3. The van der Waals surface area contributed by atoms with E-state index in [0.717, 1.165) is 24.2 Å². The molecule has 19 heavy (non-hydrogen) atoms. The van der Waals surface area contributed by atoms with Gasteiger partial charge >= 0.3 is 5.97 Å². The van der Waals surface area contributed by atoms with Gasteiger partial charge in [-0.05, 0) is 37.0 Å². The van der Waals surface area contributed by atoms with Gasteiger partial charge in [0.25, 0.3) is 0 Å². The third-order valence-electron chi connectivity index (χ3n) is 4.36. The summed E-state index contributed by atoms with van der Waals surface area (Å²) in [5.41, 5.74) is 1.91. The Morgan fingerprint density at radius 2 is 2.37 bits per heavy atom. The maximum Gasteiger partial charge on any atom is 0.313 e. The van der Waals surface area contributed by atoms with E-state index in [1.165, 1.54) is 5.57 Å². The van der Waals surface area contributed by atoms with Crippen molar-refractivity contribution < 1.29 is 14.3 Å². The van der Waals surface area contributed by atoms with Gasteiger partial charge in [0.1, 0.15) is 5.75 Å². The summed E-state index contributed by atoms with van der Waals surface area (Å²) in [5.74, 6) is 1.06. The molecule has 1 aromatic carbocycles. The average molecular weight is 258 g/mol. The molecule has 3 rings (SSSR count). The van der Waals surface area contributed by atoms with Gasteiger partial charge in [-0.25, -0.2) is 0 Å². The molecule has 3 nitrogen and oxygen atoms in total. The van der Waals surface area contributed by atoms with Gasteiger partial charge < -0.3 is 9.47 Å². The fourth-order valence-electron chi connectivity index (χ4n) is 3.41. The van der Waals surface area contributed by atoms with Crippen LogP contribution in [0.4, 0.5) is 0 Å². The van der Waals surface area contributed by atoms with Gasteiger partial charge in [0.2, 0.25) is 0 Å². The molecule has 0 N–H and O–H groups in total. The first kappa shape index (κ1) is 12.3. The van der Waals surface area contributed by atoms with Gasteiger partial charge in [0.15, 0.2) is 0 Å². The number of benzene rings is 1. The van der Waals surface area contributed by atoms with E-state index in [1.54, 1.807) is 7.11 Å². The van der Waals surface area contributed by atoms with E-state index in [2.05, 4.69) is 6.58 Å². The second-order valence-corrected chi connectivity index (χ2v) is 5.61. The number of methoxy groups -OCH3 is 1. The van der Waals surface area contributed by atoms with Crippen LogP contribution in [0.1, 0.15) is 18.4 Å². The molecule has 1 aliphatic carbocycles. The molecule has 1 aliphatic heterocycles. The predicted octanol–water partition coefficient (Wildman–Crippen LogP) is 2.75.